The van der Waals surface area contributed by atoms with Crippen LogP contribution >= 0.6 is 0 Å². The number of aryl methyl sites for hydroxylation is 1. The van der Waals surface area contributed by atoms with E-state index in [1.54, 1.807) is 0 Å². The molecule has 1 heterocycles. The largest absolute Gasteiger partial charge is 0.313 e. The van der Waals surface area contributed by atoms with Crippen LogP contribution in [0.1, 0.15) is 30.3 Å². The lowest BCUT2D eigenvalue weighted by atomic mass is 10.2. The second kappa shape index (κ2) is 6.77. The molecule has 0 radical (unpaired) electrons. The quantitative estimate of drug-likeness (QED) is 0.732. The molecule has 4 heteroatoms. The average Bonchev–Trinajstić information content (AvgIpc) is 2.53. The van der Waals surface area contributed by atoms with Crippen LogP contribution in [-0.2, 0) is 13.1 Å². The first kappa shape index (κ1) is 14.2. The first-order valence-corrected chi connectivity index (χ1v) is 6.44. The molecule has 1 rings (SSSR count). The van der Waals surface area contributed by atoms with Crippen molar-refractivity contribution in [2.75, 3.05) is 27.2 Å². The first-order chi connectivity index (χ1) is 8.06. The predicted molar refractivity (Wildman–Crippen MR) is 72.3 cm³/mol. The summed E-state index contributed by atoms with van der Waals surface area (Å²) in [5, 5.41) is 8.06. The summed E-state index contributed by atoms with van der Waals surface area (Å²) in [5.74, 6) is 0. The van der Waals surface area contributed by atoms with E-state index in [2.05, 4.69) is 54.9 Å². The summed E-state index contributed by atoms with van der Waals surface area (Å²) < 4.78 is 2.12. The van der Waals surface area contributed by atoms with E-state index in [0.717, 1.165) is 31.9 Å². The molecule has 0 fully saturated rings. The van der Waals surface area contributed by atoms with E-state index in [1.165, 1.54) is 17.7 Å². The zero-order chi connectivity index (χ0) is 12.8. The maximum atomic E-state index is 4.61. The molecule has 0 saturated carbocycles. The molecule has 0 aliphatic rings. The summed E-state index contributed by atoms with van der Waals surface area (Å²) in [5.41, 5.74) is 3.81. The molecule has 0 bridgehead atoms. The summed E-state index contributed by atoms with van der Waals surface area (Å²) in [6.07, 6.45) is 1.17. The van der Waals surface area contributed by atoms with E-state index in [9.17, 15) is 0 Å². The molecule has 0 unspecified atom stereocenters. The van der Waals surface area contributed by atoms with Gasteiger partial charge in [-0.1, -0.05) is 6.92 Å². The van der Waals surface area contributed by atoms with Gasteiger partial charge < -0.3 is 10.2 Å². The highest BCUT2D eigenvalue weighted by Gasteiger charge is 2.10. The molecule has 0 atom stereocenters. The van der Waals surface area contributed by atoms with Crippen molar-refractivity contribution < 1.29 is 0 Å². The fourth-order valence-electron chi connectivity index (χ4n) is 1.89. The molecule has 0 spiro atoms. The van der Waals surface area contributed by atoms with Crippen molar-refractivity contribution in [2.45, 2.75) is 40.3 Å². The average molecular weight is 238 g/mol. The zero-order valence-electron chi connectivity index (χ0n) is 11.9. The third-order valence-electron chi connectivity index (χ3n) is 3.02. The van der Waals surface area contributed by atoms with Crippen molar-refractivity contribution in [1.82, 2.24) is 20.0 Å². The van der Waals surface area contributed by atoms with Crippen LogP contribution in [0.25, 0.3) is 0 Å². The molecule has 4 nitrogen and oxygen atoms in total. The van der Waals surface area contributed by atoms with Gasteiger partial charge in [-0.05, 0) is 40.9 Å². The molecule has 17 heavy (non-hydrogen) atoms. The van der Waals surface area contributed by atoms with E-state index < -0.39 is 0 Å². The van der Waals surface area contributed by atoms with Crippen LogP contribution in [0.5, 0.6) is 0 Å². The summed E-state index contributed by atoms with van der Waals surface area (Å²) in [6, 6.07) is 0. The van der Waals surface area contributed by atoms with Crippen molar-refractivity contribution in [2.24, 2.45) is 0 Å². The second-order valence-corrected chi connectivity index (χ2v) is 4.85. The highest BCUT2D eigenvalue weighted by molar-refractivity contribution is 5.24. The van der Waals surface area contributed by atoms with E-state index in [1.807, 2.05) is 0 Å². The summed E-state index contributed by atoms with van der Waals surface area (Å²) in [7, 11) is 4.19. The summed E-state index contributed by atoms with van der Waals surface area (Å²) >= 11 is 0. The number of rotatable bonds is 7. The van der Waals surface area contributed by atoms with Gasteiger partial charge in [0.2, 0.25) is 0 Å². The van der Waals surface area contributed by atoms with Crippen LogP contribution in [0.4, 0.5) is 0 Å². The van der Waals surface area contributed by atoms with E-state index >= 15 is 0 Å². The number of likely N-dealkylation sites (N-methyl/N-ethyl adjacent to an activating group) is 1. The van der Waals surface area contributed by atoms with Crippen LogP contribution in [0.15, 0.2) is 0 Å². The van der Waals surface area contributed by atoms with Crippen molar-refractivity contribution in [3.63, 3.8) is 0 Å². The topological polar surface area (TPSA) is 33.1 Å². The Morgan fingerprint density at radius 3 is 2.59 bits per heavy atom. The molecule has 1 aromatic heterocycles. The molecule has 0 saturated heterocycles. The monoisotopic (exact) mass is 238 g/mol. The highest BCUT2D eigenvalue weighted by Crippen LogP contribution is 2.12. The first-order valence-electron chi connectivity index (χ1n) is 6.44. The van der Waals surface area contributed by atoms with Gasteiger partial charge in [-0.25, -0.2) is 0 Å². The Bertz CT molecular complexity index is 341. The standard InChI is InChI=1S/C13H26N4/c1-6-7-14-10-13-11(2)15-17(12(13)3)9-8-16(4)5/h14H,6-10H2,1-5H3. The molecular formula is C13H26N4. The Morgan fingerprint density at radius 2 is 2.00 bits per heavy atom. The summed E-state index contributed by atoms with van der Waals surface area (Å²) in [6.45, 7) is 10.5. The van der Waals surface area contributed by atoms with E-state index in [4.69, 9.17) is 0 Å². The lowest BCUT2D eigenvalue weighted by Gasteiger charge is -2.11. The Balaban J connectivity index is 2.65. The molecular weight excluding hydrogens is 212 g/mol. The fraction of sp³-hybridized carbons (Fsp3) is 0.769. The number of aromatic nitrogens is 2. The normalized spacial score (nSPS) is 11.4. The van der Waals surface area contributed by atoms with Crippen molar-refractivity contribution in [3.8, 4) is 0 Å². The second-order valence-electron chi connectivity index (χ2n) is 4.85. The Labute approximate surface area is 105 Å². The molecule has 0 aromatic carbocycles. The number of hydrogen-bond donors (Lipinski definition) is 1. The van der Waals surface area contributed by atoms with Gasteiger partial charge in [0.05, 0.1) is 12.2 Å². The maximum Gasteiger partial charge on any atom is 0.0641 e. The van der Waals surface area contributed by atoms with Crippen molar-refractivity contribution >= 4 is 0 Å². The molecule has 0 aliphatic heterocycles. The lowest BCUT2D eigenvalue weighted by Crippen LogP contribution is -2.20. The van der Waals surface area contributed by atoms with Crippen LogP contribution < -0.4 is 5.32 Å². The summed E-state index contributed by atoms with van der Waals surface area (Å²) in [4.78, 5) is 2.19. The number of nitrogens with one attached hydrogen (secondary N) is 1. The van der Waals surface area contributed by atoms with Gasteiger partial charge in [-0.15, -0.1) is 0 Å². The Kier molecular flexibility index (Phi) is 5.65. The highest BCUT2D eigenvalue weighted by atomic mass is 15.3. The van der Waals surface area contributed by atoms with Gasteiger partial charge in [0.15, 0.2) is 0 Å². The molecule has 1 N–H and O–H groups in total. The number of hydrogen-bond acceptors (Lipinski definition) is 3. The SMILES string of the molecule is CCCNCc1c(C)nn(CCN(C)C)c1C. The van der Waals surface area contributed by atoms with E-state index in [0.29, 0.717) is 0 Å². The van der Waals surface area contributed by atoms with Crippen LogP contribution in [0, 0.1) is 13.8 Å². The minimum Gasteiger partial charge on any atom is -0.313 e. The minimum atomic E-state index is 0.938. The molecule has 0 aliphatic carbocycles. The molecule has 1 aromatic rings. The van der Waals surface area contributed by atoms with Crippen molar-refractivity contribution in [1.29, 1.82) is 0 Å². The maximum absolute atomic E-state index is 4.61. The van der Waals surface area contributed by atoms with Gasteiger partial charge in [-0.2, -0.15) is 5.10 Å². The number of nitrogens with zero attached hydrogens (tertiary/aromatic N) is 3. The van der Waals surface area contributed by atoms with Gasteiger partial charge >= 0.3 is 0 Å². The van der Waals surface area contributed by atoms with Crippen LogP contribution in [0.2, 0.25) is 0 Å². The third-order valence-corrected chi connectivity index (χ3v) is 3.02. The minimum absolute atomic E-state index is 0.938. The smallest absolute Gasteiger partial charge is 0.0641 e. The van der Waals surface area contributed by atoms with Gasteiger partial charge in [0.1, 0.15) is 0 Å². The van der Waals surface area contributed by atoms with Gasteiger partial charge in [0, 0.05) is 24.3 Å². The predicted octanol–water partition coefficient (Wildman–Crippen LogP) is 1.56. The van der Waals surface area contributed by atoms with Crippen LogP contribution in [-0.4, -0.2) is 41.9 Å². The zero-order valence-corrected chi connectivity index (χ0v) is 11.9. The third kappa shape index (κ3) is 4.13. The molecule has 0 amide bonds. The fourth-order valence-corrected chi connectivity index (χ4v) is 1.89. The molecule has 98 valence electrons. The van der Waals surface area contributed by atoms with Gasteiger partial charge in [-0.3, -0.25) is 4.68 Å². The van der Waals surface area contributed by atoms with E-state index in [-0.39, 0.29) is 0 Å². The Morgan fingerprint density at radius 1 is 1.29 bits per heavy atom. The van der Waals surface area contributed by atoms with Gasteiger partial charge in [0.25, 0.3) is 0 Å². The van der Waals surface area contributed by atoms with Crippen LogP contribution in [0.3, 0.4) is 0 Å². The lowest BCUT2D eigenvalue weighted by molar-refractivity contribution is 0.370. The van der Waals surface area contributed by atoms with Crippen molar-refractivity contribution in [3.05, 3.63) is 17.0 Å². The Hall–Kier alpha value is -0.870.